The number of furan rings is 1. The molecule has 124 valence electrons. The van der Waals surface area contributed by atoms with Crippen LogP contribution in [0.15, 0.2) is 50.2 Å². The van der Waals surface area contributed by atoms with Gasteiger partial charge in [0.2, 0.25) is 0 Å². The Labute approximate surface area is 139 Å². The Kier molecular flexibility index (Phi) is 3.86. The first-order valence-electron chi connectivity index (χ1n) is 8.14. The highest BCUT2D eigenvalue weighted by Gasteiger charge is 2.21. The molecule has 0 N–H and O–H groups in total. The van der Waals surface area contributed by atoms with Crippen LogP contribution in [-0.4, -0.2) is 18.2 Å². The summed E-state index contributed by atoms with van der Waals surface area (Å²) in [5.41, 5.74) is 2.22. The van der Waals surface area contributed by atoms with Crippen LogP contribution >= 0.6 is 0 Å². The second-order valence-corrected chi connectivity index (χ2v) is 6.18. The molecule has 0 unspecified atom stereocenters. The minimum absolute atomic E-state index is 0.316. The third kappa shape index (κ3) is 2.83. The Morgan fingerprint density at radius 3 is 3.00 bits per heavy atom. The Morgan fingerprint density at radius 2 is 2.17 bits per heavy atom. The highest BCUT2D eigenvalue weighted by molar-refractivity contribution is 5.85. The van der Waals surface area contributed by atoms with Gasteiger partial charge in [-0.25, -0.2) is 4.79 Å². The van der Waals surface area contributed by atoms with Crippen LogP contribution in [0.1, 0.15) is 23.3 Å². The number of rotatable bonds is 4. The van der Waals surface area contributed by atoms with Gasteiger partial charge in [-0.15, -0.1) is 0 Å². The van der Waals surface area contributed by atoms with Crippen molar-refractivity contribution in [3.05, 3.63) is 63.9 Å². The van der Waals surface area contributed by atoms with Crippen molar-refractivity contribution < 1.29 is 13.6 Å². The van der Waals surface area contributed by atoms with E-state index in [1.54, 1.807) is 6.26 Å². The second kappa shape index (κ2) is 6.17. The quantitative estimate of drug-likeness (QED) is 0.687. The highest BCUT2D eigenvalue weighted by Crippen LogP contribution is 2.32. The van der Waals surface area contributed by atoms with E-state index in [9.17, 15) is 4.79 Å². The van der Waals surface area contributed by atoms with Gasteiger partial charge in [0.05, 0.1) is 11.8 Å². The van der Waals surface area contributed by atoms with Gasteiger partial charge in [-0.2, -0.15) is 0 Å². The van der Waals surface area contributed by atoms with E-state index in [-0.39, 0.29) is 5.63 Å². The largest absolute Gasteiger partial charge is 0.478 e. The topological polar surface area (TPSA) is 55.8 Å². The lowest BCUT2D eigenvalue weighted by atomic mass is 10.0. The average molecular weight is 325 g/mol. The summed E-state index contributed by atoms with van der Waals surface area (Å²) in [6.07, 6.45) is 3.59. The smallest absolute Gasteiger partial charge is 0.336 e. The molecule has 1 aromatic carbocycles. The van der Waals surface area contributed by atoms with Crippen molar-refractivity contribution in [2.75, 3.05) is 13.3 Å². The summed E-state index contributed by atoms with van der Waals surface area (Å²) in [6, 6.07) is 9.35. The molecular weight excluding hydrogens is 306 g/mol. The van der Waals surface area contributed by atoms with Crippen molar-refractivity contribution in [1.29, 1.82) is 0 Å². The Bertz CT molecular complexity index is 911. The van der Waals surface area contributed by atoms with Gasteiger partial charge in [-0.3, -0.25) is 4.90 Å². The van der Waals surface area contributed by atoms with Gasteiger partial charge in [-0.05, 0) is 43.2 Å². The van der Waals surface area contributed by atoms with Crippen LogP contribution in [0.4, 0.5) is 0 Å². The summed E-state index contributed by atoms with van der Waals surface area (Å²) in [6.45, 7) is 4.09. The zero-order valence-corrected chi connectivity index (χ0v) is 13.6. The molecule has 1 aliphatic heterocycles. The van der Waals surface area contributed by atoms with Gasteiger partial charge in [0.25, 0.3) is 0 Å². The van der Waals surface area contributed by atoms with E-state index in [2.05, 4.69) is 4.90 Å². The molecule has 3 aromatic rings. The molecule has 0 saturated carbocycles. The van der Waals surface area contributed by atoms with E-state index in [4.69, 9.17) is 13.6 Å². The third-order valence-electron chi connectivity index (χ3n) is 4.44. The number of aryl methyl sites for hydroxylation is 2. The maximum atomic E-state index is 11.7. The molecule has 0 radical (unpaired) electrons. The Hall–Kier alpha value is -2.53. The number of hydrogen-bond acceptors (Lipinski definition) is 5. The van der Waals surface area contributed by atoms with Gasteiger partial charge in [0, 0.05) is 31.0 Å². The van der Waals surface area contributed by atoms with Crippen molar-refractivity contribution >= 4 is 11.0 Å². The van der Waals surface area contributed by atoms with Crippen molar-refractivity contribution in [3.63, 3.8) is 0 Å². The minimum Gasteiger partial charge on any atom is -0.478 e. The van der Waals surface area contributed by atoms with Crippen LogP contribution in [0, 0.1) is 6.92 Å². The lowest BCUT2D eigenvalue weighted by molar-refractivity contribution is 0.0942. The molecule has 0 amide bonds. The van der Waals surface area contributed by atoms with Crippen molar-refractivity contribution in [3.8, 4) is 5.75 Å². The van der Waals surface area contributed by atoms with E-state index < -0.39 is 0 Å². The number of nitrogens with zero attached hydrogens (tertiary/aromatic N) is 1. The van der Waals surface area contributed by atoms with Crippen LogP contribution in [0.3, 0.4) is 0 Å². The molecule has 24 heavy (non-hydrogen) atoms. The second-order valence-electron chi connectivity index (χ2n) is 6.18. The number of benzene rings is 1. The van der Waals surface area contributed by atoms with E-state index >= 15 is 0 Å². The van der Waals surface area contributed by atoms with Crippen LogP contribution < -0.4 is 10.4 Å². The Balaban J connectivity index is 1.55. The van der Waals surface area contributed by atoms with E-state index in [0.29, 0.717) is 12.3 Å². The first kappa shape index (κ1) is 15.0. The van der Waals surface area contributed by atoms with Crippen LogP contribution in [0.25, 0.3) is 11.0 Å². The molecule has 5 heteroatoms. The molecule has 5 nitrogen and oxygen atoms in total. The summed E-state index contributed by atoms with van der Waals surface area (Å²) in [5, 5.41) is 0.967. The fourth-order valence-corrected chi connectivity index (χ4v) is 3.21. The maximum Gasteiger partial charge on any atom is 0.336 e. The summed E-state index contributed by atoms with van der Waals surface area (Å²) in [5.74, 6) is 1.80. The standard InChI is InChI=1S/C19H19NO4/c1-13-10-18(21)24-19-15(13)6-7-17-16(19)11-20(12-23-17)8-2-4-14-5-3-9-22-14/h3,5-7,9-10H,2,4,8,11-12H2,1H3. The number of ether oxygens (including phenoxy) is 1. The normalized spacial score (nSPS) is 14.5. The fourth-order valence-electron chi connectivity index (χ4n) is 3.21. The van der Waals surface area contributed by atoms with Gasteiger partial charge in [0.1, 0.15) is 23.8 Å². The average Bonchev–Trinajstić information content (AvgIpc) is 3.08. The molecule has 0 saturated heterocycles. The van der Waals surface area contributed by atoms with E-state index in [1.165, 1.54) is 6.07 Å². The summed E-state index contributed by atoms with van der Waals surface area (Å²) in [7, 11) is 0. The molecule has 0 bridgehead atoms. The molecule has 4 rings (SSSR count). The third-order valence-corrected chi connectivity index (χ3v) is 4.44. The van der Waals surface area contributed by atoms with Gasteiger partial charge in [0.15, 0.2) is 0 Å². The molecule has 2 aromatic heterocycles. The van der Waals surface area contributed by atoms with Crippen LogP contribution in [0.2, 0.25) is 0 Å². The maximum absolute atomic E-state index is 11.7. The monoisotopic (exact) mass is 325 g/mol. The molecule has 0 atom stereocenters. The summed E-state index contributed by atoms with van der Waals surface area (Å²) >= 11 is 0. The van der Waals surface area contributed by atoms with Gasteiger partial charge >= 0.3 is 5.63 Å². The summed E-state index contributed by atoms with van der Waals surface area (Å²) < 4.78 is 16.7. The first-order chi connectivity index (χ1) is 11.7. The van der Waals surface area contributed by atoms with Crippen LogP contribution in [0.5, 0.6) is 5.75 Å². The predicted molar refractivity (Wildman–Crippen MR) is 90.2 cm³/mol. The van der Waals surface area contributed by atoms with Crippen molar-refractivity contribution in [2.45, 2.75) is 26.3 Å². The number of hydrogen-bond donors (Lipinski definition) is 0. The molecule has 0 aliphatic carbocycles. The minimum atomic E-state index is -0.316. The number of fused-ring (bicyclic) bond motifs is 3. The molecule has 0 fully saturated rings. The Morgan fingerprint density at radius 1 is 1.25 bits per heavy atom. The van der Waals surface area contributed by atoms with E-state index in [0.717, 1.165) is 54.0 Å². The first-order valence-corrected chi connectivity index (χ1v) is 8.14. The predicted octanol–water partition coefficient (Wildman–Crippen LogP) is 3.48. The fraction of sp³-hybridized carbons (Fsp3) is 0.316. The summed E-state index contributed by atoms with van der Waals surface area (Å²) in [4.78, 5) is 14.0. The molecule has 0 spiro atoms. The van der Waals surface area contributed by atoms with Gasteiger partial charge < -0.3 is 13.6 Å². The molecule has 1 aliphatic rings. The van der Waals surface area contributed by atoms with E-state index in [1.807, 2.05) is 31.2 Å². The molecular formula is C19H19NO4. The SMILES string of the molecule is Cc1cc(=O)oc2c3c(ccc12)OCN(CCCc1ccco1)C3. The zero-order chi connectivity index (χ0) is 16.5. The lowest BCUT2D eigenvalue weighted by Crippen LogP contribution is -2.33. The zero-order valence-electron chi connectivity index (χ0n) is 13.6. The van der Waals surface area contributed by atoms with Crippen LogP contribution in [-0.2, 0) is 13.0 Å². The van der Waals surface area contributed by atoms with Gasteiger partial charge in [-0.1, -0.05) is 0 Å². The lowest BCUT2D eigenvalue weighted by Gasteiger charge is -2.29. The highest BCUT2D eigenvalue weighted by atomic mass is 16.5. The molecule has 3 heterocycles. The van der Waals surface area contributed by atoms with Crippen molar-refractivity contribution in [2.24, 2.45) is 0 Å². The van der Waals surface area contributed by atoms with Crippen molar-refractivity contribution in [1.82, 2.24) is 4.90 Å².